The van der Waals surface area contributed by atoms with Crippen LogP contribution in [-0.4, -0.2) is 5.91 Å². The van der Waals surface area contributed by atoms with Gasteiger partial charge in [-0.25, -0.2) is 0 Å². The number of aryl methyl sites for hydroxylation is 2. The van der Waals surface area contributed by atoms with E-state index in [1.807, 2.05) is 62.4 Å². The van der Waals surface area contributed by atoms with E-state index in [1.165, 1.54) is 16.9 Å². The molecule has 22 heavy (non-hydrogen) atoms. The van der Waals surface area contributed by atoms with Crippen LogP contribution in [0.2, 0.25) is 0 Å². The van der Waals surface area contributed by atoms with Gasteiger partial charge in [0.25, 0.3) is 5.91 Å². The lowest BCUT2D eigenvalue weighted by molar-refractivity contribution is 0.0987. The molecule has 0 bridgehead atoms. The number of hydrogen-bond donors (Lipinski definition) is 0. The highest BCUT2D eigenvalue weighted by Crippen LogP contribution is 2.24. The van der Waals surface area contributed by atoms with Crippen molar-refractivity contribution in [3.8, 4) is 0 Å². The number of furan rings is 1. The molecule has 2 heterocycles. The van der Waals surface area contributed by atoms with Gasteiger partial charge in [-0.3, -0.25) is 4.79 Å². The Labute approximate surface area is 133 Å². The van der Waals surface area contributed by atoms with Gasteiger partial charge in [0.05, 0.1) is 17.7 Å². The average molecular weight is 311 g/mol. The van der Waals surface area contributed by atoms with Crippen LogP contribution < -0.4 is 4.90 Å². The molecule has 0 fully saturated rings. The Morgan fingerprint density at radius 1 is 1.09 bits per heavy atom. The number of nitrogens with zero attached hydrogens (tertiary/aromatic N) is 1. The van der Waals surface area contributed by atoms with Crippen LogP contribution in [0.25, 0.3) is 0 Å². The second kappa shape index (κ2) is 6.20. The smallest absolute Gasteiger partial charge is 0.268 e. The number of carbonyl (C=O) groups excluding carboxylic acids is 1. The predicted molar refractivity (Wildman–Crippen MR) is 89.5 cm³/mol. The van der Waals surface area contributed by atoms with Crippen LogP contribution in [0.15, 0.2) is 59.2 Å². The van der Waals surface area contributed by atoms with Crippen LogP contribution in [0, 0.1) is 13.8 Å². The van der Waals surface area contributed by atoms with Crippen LogP contribution in [0.5, 0.6) is 0 Å². The number of amides is 1. The van der Waals surface area contributed by atoms with Gasteiger partial charge in [0.2, 0.25) is 0 Å². The lowest BCUT2D eigenvalue weighted by Gasteiger charge is -2.21. The van der Waals surface area contributed by atoms with Gasteiger partial charge in [-0.2, -0.15) is 0 Å². The zero-order valence-electron chi connectivity index (χ0n) is 12.6. The molecule has 3 rings (SSSR count). The second-order valence-corrected chi connectivity index (χ2v) is 6.50. The highest BCUT2D eigenvalue weighted by Gasteiger charge is 2.20. The van der Waals surface area contributed by atoms with E-state index in [1.54, 1.807) is 11.2 Å². The monoisotopic (exact) mass is 311 g/mol. The number of hydrogen-bond acceptors (Lipinski definition) is 3. The quantitative estimate of drug-likeness (QED) is 0.693. The summed E-state index contributed by atoms with van der Waals surface area (Å²) < 4.78 is 5.41. The van der Waals surface area contributed by atoms with Crippen LogP contribution in [-0.2, 0) is 6.54 Å². The molecule has 0 aliphatic carbocycles. The first-order valence-corrected chi connectivity index (χ1v) is 7.92. The molecule has 4 heteroatoms. The van der Waals surface area contributed by atoms with E-state index in [-0.39, 0.29) is 5.91 Å². The van der Waals surface area contributed by atoms with Gasteiger partial charge in [0, 0.05) is 10.6 Å². The normalized spacial score (nSPS) is 10.6. The molecule has 1 aromatic carbocycles. The number of carbonyl (C=O) groups is 1. The Bertz CT molecular complexity index is 757. The topological polar surface area (TPSA) is 33.5 Å². The van der Waals surface area contributed by atoms with Gasteiger partial charge in [-0.1, -0.05) is 17.7 Å². The molecule has 0 aliphatic rings. The first-order valence-electron chi connectivity index (χ1n) is 7.11. The van der Waals surface area contributed by atoms with Crippen molar-refractivity contribution in [1.29, 1.82) is 0 Å². The maximum absolute atomic E-state index is 12.9. The van der Waals surface area contributed by atoms with E-state index in [0.717, 1.165) is 21.2 Å². The molecule has 0 atom stereocenters. The highest BCUT2D eigenvalue weighted by molar-refractivity contribution is 7.14. The van der Waals surface area contributed by atoms with Crippen LogP contribution in [0.1, 0.15) is 25.9 Å². The summed E-state index contributed by atoms with van der Waals surface area (Å²) in [7, 11) is 0. The third-order valence-corrected chi connectivity index (χ3v) is 4.42. The minimum Gasteiger partial charge on any atom is -0.467 e. The number of thiophene rings is 1. The summed E-state index contributed by atoms with van der Waals surface area (Å²) in [5, 5.41) is 0. The zero-order valence-corrected chi connectivity index (χ0v) is 13.4. The lowest BCUT2D eigenvalue weighted by Crippen LogP contribution is -2.29. The lowest BCUT2D eigenvalue weighted by atomic mass is 10.2. The molecule has 0 aliphatic heterocycles. The maximum atomic E-state index is 12.9. The predicted octanol–water partition coefficient (Wildman–Crippen LogP) is 4.80. The van der Waals surface area contributed by atoms with Gasteiger partial charge in [-0.15, -0.1) is 11.3 Å². The van der Waals surface area contributed by atoms with E-state index in [4.69, 9.17) is 4.42 Å². The number of benzene rings is 1. The van der Waals surface area contributed by atoms with Crippen LogP contribution in [0.3, 0.4) is 0 Å². The molecule has 0 saturated heterocycles. The maximum Gasteiger partial charge on any atom is 0.268 e. The Balaban J connectivity index is 1.94. The summed E-state index contributed by atoms with van der Waals surface area (Å²) in [6.45, 7) is 4.46. The molecule has 3 nitrogen and oxygen atoms in total. The van der Waals surface area contributed by atoms with Crippen molar-refractivity contribution in [3.63, 3.8) is 0 Å². The minimum atomic E-state index is -0.00152. The Kier molecular flexibility index (Phi) is 4.11. The van der Waals surface area contributed by atoms with Gasteiger partial charge in [0.15, 0.2) is 0 Å². The Morgan fingerprint density at radius 2 is 1.86 bits per heavy atom. The molecule has 0 radical (unpaired) electrons. The molecule has 3 aromatic rings. The van der Waals surface area contributed by atoms with Gasteiger partial charge < -0.3 is 9.32 Å². The van der Waals surface area contributed by atoms with E-state index < -0.39 is 0 Å². The molecule has 0 saturated carbocycles. The third kappa shape index (κ3) is 3.12. The van der Waals surface area contributed by atoms with Gasteiger partial charge >= 0.3 is 0 Å². The van der Waals surface area contributed by atoms with Crippen molar-refractivity contribution < 1.29 is 9.21 Å². The van der Waals surface area contributed by atoms with Crippen molar-refractivity contribution in [1.82, 2.24) is 0 Å². The summed E-state index contributed by atoms with van der Waals surface area (Å²) in [5.41, 5.74) is 2.04. The first-order chi connectivity index (χ1) is 10.6. The zero-order chi connectivity index (χ0) is 15.5. The molecule has 2 aromatic heterocycles. The molecular formula is C18H17NO2S. The third-order valence-electron chi connectivity index (χ3n) is 3.44. The standard InChI is InChI=1S/C18H17NO2S/c1-13-5-8-15(9-6-13)19(12-16-4-3-11-21-16)18(20)17-10-7-14(2)22-17/h3-11H,12H2,1-2H3. The van der Waals surface area contributed by atoms with Crippen molar-refractivity contribution in [2.24, 2.45) is 0 Å². The minimum absolute atomic E-state index is 0.00152. The fourth-order valence-electron chi connectivity index (χ4n) is 2.25. The summed E-state index contributed by atoms with van der Waals surface area (Å²) in [6.07, 6.45) is 1.63. The van der Waals surface area contributed by atoms with Crippen molar-refractivity contribution >= 4 is 22.9 Å². The Hall–Kier alpha value is -2.33. The van der Waals surface area contributed by atoms with Gasteiger partial charge in [0.1, 0.15) is 5.76 Å². The van der Waals surface area contributed by atoms with E-state index in [2.05, 4.69) is 0 Å². The summed E-state index contributed by atoms with van der Waals surface area (Å²) >= 11 is 1.51. The summed E-state index contributed by atoms with van der Waals surface area (Å²) in [5.74, 6) is 0.764. The van der Waals surface area contributed by atoms with Gasteiger partial charge in [-0.05, 0) is 50.2 Å². The molecule has 112 valence electrons. The number of anilines is 1. The molecule has 1 amide bonds. The molecule has 0 unspecified atom stereocenters. The summed E-state index contributed by atoms with van der Waals surface area (Å²) in [4.78, 5) is 16.5. The summed E-state index contributed by atoms with van der Waals surface area (Å²) in [6, 6.07) is 15.5. The largest absolute Gasteiger partial charge is 0.467 e. The van der Waals surface area contributed by atoms with Crippen molar-refractivity contribution in [2.45, 2.75) is 20.4 Å². The van der Waals surface area contributed by atoms with E-state index in [9.17, 15) is 4.79 Å². The van der Waals surface area contributed by atoms with Crippen molar-refractivity contribution in [3.05, 3.63) is 75.9 Å². The molecule has 0 N–H and O–H groups in total. The first kappa shape index (κ1) is 14.6. The molecular weight excluding hydrogens is 294 g/mol. The van der Waals surface area contributed by atoms with E-state index >= 15 is 0 Å². The van der Waals surface area contributed by atoms with E-state index in [0.29, 0.717) is 6.54 Å². The average Bonchev–Trinajstić information content (AvgIpc) is 3.17. The van der Waals surface area contributed by atoms with Crippen LogP contribution >= 0.6 is 11.3 Å². The fraction of sp³-hybridized carbons (Fsp3) is 0.167. The Morgan fingerprint density at radius 3 is 2.45 bits per heavy atom. The SMILES string of the molecule is Cc1ccc(N(Cc2ccco2)C(=O)c2ccc(C)s2)cc1. The second-order valence-electron chi connectivity index (χ2n) is 5.22. The van der Waals surface area contributed by atoms with Crippen molar-refractivity contribution in [2.75, 3.05) is 4.90 Å². The van der Waals surface area contributed by atoms with Crippen LogP contribution in [0.4, 0.5) is 5.69 Å². The fourth-order valence-corrected chi connectivity index (χ4v) is 3.06. The number of rotatable bonds is 4. The molecule has 0 spiro atoms. The highest BCUT2D eigenvalue weighted by atomic mass is 32.1.